The third kappa shape index (κ3) is 2.20. The summed E-state index contributed by atoms with van der Waals surface area (Å²) < 4.78 is 2.96. The summed E-state index contributed by atoms with van der Waals surface area (Å²) >= 11 is -1.25. The van der Waals surface area contributed by atoms with Gasteiger partial charge in [-0.1, -0.05) is 0 Å². The molecule has 0 saturated heterocycles. The Kier molecular flexibility index (Phi) is 3.33. The molecule has 0 saturated carbocycles. The molecule has 1 atom stereocenters. The van der Waals surface area contributed by atoms with E-state index in [0.29, 0.717) is 0 Å². The molecule has 1 aliphatic heterocycles. The van der Waals surface area contributed by atoms with Crippen molar-refractivity contribution in [3.8, 4) is 0 Å². The van der Waals surface area contributed by atoms with E-state index in [4.69, 9.17) is 10.1 Å². The zero-order chi connectivity index (χ0) is 11.7. The number of halogens is 1. The molecule has 0 aromatic heterocycles. The summed E-state index contributed by atoms with van der Waals surface area (Å²) in [7, 11) is 6.77. The molecule has 1 aliphatic carbocycles. The molecule has 0 N–H and O–H groups in total. The van der Waals surface area contributed by atoms with Gasteiger partial charge in [-0.3, -0.25) is 0 Å². The first-order valence-corrected chi connectivity index (χ1v) is 10.1. The summed E-state index contributed by atoms with van der Waals surface area (Å²) in [6.07, 6.45) is 9.68. The quantitative estimate of drug-likeness (QED) is 0.688. The van der Waals surface area contributed by atoms with E-state index in [1.807, 2.05) is 0 Å². The van der Waals surface area contributed by atoms with Crippen molar-refractivity contribution in [3.63, 3.8) is 0 Å². The predicted octanol–water partition coefficient (Wildman–Crippen LogP) is 4.00. The Morgan fingerprint density at radius 1 is 0.941 bits per heavy atom. The first-order valence-electron chi connectivity index (χ1n) is 6.09. The van der Waals surface area contributed by atoms with Crippen LogP contribution < -0.4 is 0 Å². The molecule has 0 radical (unpaired) electrons. The Hall–Kier alpha value is -0.621. The molecule has 1 unspecified atom stereocenters. The Balaban J connectivity index is 2.08. The van der Waals surface area contributed by atoms with Crippen molar-refractivity contribution in [2.24, 2.45) is 0 Å². The molecule has 2 aliphatic rings. The van der Waals surface area contributed by atoms with Gasteiger partial charge in [0.15, 0.2) is 0 Å². The van der Waals surface area contributed by atoms with E-state index in [1.165, 1.54) is 41.2 Å². The summed E-state index contributed by atoms with van der Waals surface area (Å²) in [5, 5.41) is 0. The van der Waals surface area contributed by atoms with Crippen LogP contribution in [0, 0.1) is 0 Å². The van der Waals surface area contributed by atoms with Crippen LogP contribution in [0.5, 0.6) is 0 Å². The second-order valence-electron chi connectivity index (χ2n) is 4.48. The minimum atomic E-state index is -1.25. The summed E-state index contributed by atoms with van der Waals surface area (Å²) in [6.45, 7) is 0. The molecule has 0 spiro atoms. The SMILES string of the molecule is Cl[Se]1=C(c2ccccc2)C=CC2=C1CCCC2. The van der Waals surface area contributed by atoms with Gasteiger partial charge in [0.2, 0.25) is 0 Å². The van der Waals surface area contributed by atoms with E-state index in [9.17, 15) is 0 Å². The van der Waals surface area contributed by atoms with Crippen molar-refractivity contribution in [1.82, 2.24) is 0 Å². The fourth-order valence-electron chi connectivity index (χ4n) is 2.45. The Bertz CT molecular complexity index is 523. The third-order valence-electron chi connectivity index (χ3n) is 3.36. The minimum absolute atomic E-state index is 1.23. The molecule has 0 fully saturated rings. The summed E-state index contributed by atoms with van der Waals surface area (Å²) in [4.78, 5) is 0. The Labute approximate surface area is 111 Å². The summed E-state index contributed by atoms with van der Waals surface area (Å²) in [5.74, 6) is 0. The molecule has 1 aromatic rings. The Morgan fingerprint density at radius 3 is 2.53 bits per heavy atom. The Morgan fingerprint density at radius 2 is 1.71 bits per heavy atom. The van der Waals surface area contributed by atoms with Crippen LogP contribution in [-0.4, -0.2) is 17.0 Å². The van der Waals surface area contributed by atoms with Gasteiger partial charge in [-0.2, -0.15) is 0 Å². The second kappa shape index (κ2) is 4.94. The molecule has 0 bridgehead atoms. The molecule has 0 amide bonds. The van der Waals surface area contributed by atoms with Crippen LogP contribution in [0.2, 0.25) is 0 Å². The van der Waals surface area contributed by atoms with E-state index in [0.717, 1.165) is 0 Å². The number of allylic oxidation sites excluding steroid dienone is 4. The van der Waals surface area contributed by atoms with Crippen molar-refractivity contribution in [3.05, 3.63) is 58.1 Å². The van der Waals surface area contributed by atoms with Gasteiger partial charge in [-0.05, 0) is 0 Å². The number of hydrogen-bond acceptors (Lipinski definition) is 0. The zero-order valence-corrected chi connectivity index (χ0v) is 12.1. The van der Waals surface area contributed by atoms with E-state index in [-0.39, 0.29) is 0 Å². The van der Waals surface area contributed by atoms with Crippen LogP contribution >= 0.6 is 10.1 Å². The van der Waals surface area contributed by atoms with E-state index in [1.54, 1.807) is 4.47 Å². The van der Waals surface area contributed by atoms with Crippen molar-refractivity contribution in [2.45, 2.75) is 25.7 Å². The van der Waals surface area contributed by atoms with Gasteiger partial charge in [-0.15, -0.1) is 0 Å². The van der Waals surface area contributed by atoms with Crippen LogP contribution in [0.1, 0.15) is 31.2 Å². The van der Waals surface area contributed by atoms with Gasteiger partial charge in [0.05, 0.1) is 0 Å². The molecule has 3 rings (SSSR count). The zero-order valence-electron chi connectivity index (χ0n) is 9.66. The van der Waals surface area contributed by atoms with Crippen molar-refractivity contribution in [1.29, 1.82) is 0 Å². The third-order valence-corrected chi connectivity index (χ3v) is 8.67. The van der Waals surface area contributed by atoms with E-state index in [2.05, 4.69) is 42.5 Å². The molecule has 0 nitrogen and oxygen atoms in total. The molecule has 1 heterocycles. The number of hydrogen-bond donors (Lipinski definition) is 0. The van der Waals surface area contributed by atoms with Crippen molar-refractivity contribution < 1.29 is 0 Å². The summed E-state index contributed by atoms with van der Waals surface area (Å²) in [6, 6.07) is 10.6. The fourth-order valence-corrected chi connectivity index (χ4v) is 7.29. The van der Waals surface area contributed by atoms with Gasteiger partial charge in [0.25, 0.3) is 0 Å². The standard InChI is InChI=1S/C15H15ClSe/c16-17-14-9-5-4-8-13(14)10-11-15(17)12-6-2-1-3-7-12/h1-3,6-7,10-11H,4-5,8-9H2. The van der Waals surface area contributed by atoms with Crippen LogP contribution in [-0.2, 0) is 0 Å². The van der Waals surface area contributed by atoms with E-state index >= 15 is 0 Å². The normalized spacial score (nSPS) is 23.8. The monoisotopic (exact) mass is 310 g/mol. The predicted molar refractivity (Wildman–Crippen MR) is 76.8 cm³/mol. The average molecular weight is 310 g/mol. The second-order valence-corrected chi connectivity index (χ2v) is 9.11. The van der Waals surface area contributed by atoms with Crippen molar-refractivity contribution >= 4 is 27.1 Å². The first kappa shape index (κ1) is 11.5. The fraction of sp³-hybridized carbons (Fsp3) is 0.267. The van der Waals surface area contributed by atoms with E-state index < -0.39 is 12.6 Å². The van der Waals surface area contributed by atoms with Gasteiger partial charge < -0.3 is 0 Å². The average Bonchev–Trinajstić information content (AvgIpc) is 2.40. The molecule has 2 heteroatoms. The molecule has 1 aromatic carbocycles. The van der Waals surface area contributed by atoms with Gasteiger partial charge in [-0.25, -0.2) is 0 Å². The van der Waals surface area contributed by atoms with Crippen LogP contribution in [0.25, 0.3) is 0 Å². The topological polar surface area (TPSA) is 0 Å². The van der Waals surface area contributed by atoms with Crippen molar-refractivity contribution in [2.75, 3.05) is 0 Å². The summed E-state index contributed by atoms with van der Waals surface area (Å²) in [5.41, 5.74) is 2.84. The number of rotatable bonds is 1. The molecular weight excluding hydrogens is 295 g/mol. The molecule has 17 heavy (non-hydrogen) atoms. The molecular formula is C15H15ClSe. The van der Waals surface area contributed by atoms with Gasteiger partial charge in [0.1, 0.15) is 0 Å². The maximum atomic E-state index is 6.77. The molecule has 88 valence electrons. The maximum absolute atomic E-state index is 6.77. The first-order chi connectivity index (χ1) is 8.36. The van der Waals surface area contributed by atoms with Gasteiger partial charge >= 0.3 is 111 Å². The van der Waals surface area contributed by atoms with Crippen LogP contribution in [0.4, 0.5) is 0 Å². The van der Waals surface area contributed by atoms with Crippen LogP contribution in [0.3, 0.4) is 0 Å². The number of benzene rings is 1. The van der Waals surface area contributed by atoms with Gasteiger partial charge in [0, 0.05) is 0 Å². The van der Waals surface area contributed by atoms with Crippen LogP contribution in [0.15, 0.2) is 52.5 Å².